The molecule has 0 aromatic carbocycles. The molecule has 8 nitrogen and oxygen atoms in total. The van der Waals surface area contributed by atoms with Crippen LogP contribution in [-0.4, -0.2) is 68.0 Å². The molecule has 2 N–H and O–H groups in total. The normalized spacial score (nSPS) is 25.2. The van der Waals surface area contributed by atoms with E-state index in [1.54, 1.807) is 18.2 Å². The number of ether oxygens (including phenoxy) is 2. The van der Waals surface area contributed by atoms with Crippen LogP contribution in [0, 0.1) is 0 Å². The van der Waals surface area contributed by atoms with Gasteiger partial charge in [-0.2, -0.15) is 17.0 Å². The smallest absolute Gasteiger partial charge is 0.282 e. The summed E-state index contributed by atoms with van der Waals surface area (Å²) >= 11 is 0. The maximum absolute atomic E-state index is 12.7. The molecule has 0 aliphatic carbocycles. The zero-order valence-corrected chi connectivity index (χ0v) is 13.0. The minimum atomic E-state index is -3.49. The molecule has 1 atom stereocenters. The van der Waals surface area contributed by atoms with Crippen molar-refractivity contribution in [3.8, 4) is 0 Å². The molecule has 0 saturated carbocycles. The van der Waals surface area contributed by atoms with Gasteiger partial charge < -0.3 is 15.2 Å². The molecule has 0 radical (unpaired) electrons. The standard InChI is InChI=1S/C13H20N4O4S/c14-13-3-1-2-11(15-13)12-10-17(6-9-21-12)22(18,19)16-4-7-20-8-5-16/h1-3,12H,4-10H2,(H2,14,15)/t12-/m1/s1. The highest BCUT2D eigenvalue weighted by Gasteiger charge is 2.35. The fraction of sp³-hybridized carbons (Fsp3) is 0.615. The summed E-state index contributed by atoms with van der Waals surface area (Å²) in [6, 6.07) is 5.27. The lowest BCUT2D eigenvalue weighted by Gasteiger charge is -2.36. The third-order valence-electron chi connectivity index (χ3n) is 3.77. The van der Waals surface area contributed by atoms with Crippen molar-refractivity contribution in [2.24, 2.45) is 0 Å². The molecule has 2 aliphatic heterocycles. The summed E-state index contributed by atoms with van der Waals surface area (Å²) in [6.45, 7) is 2.58. The minimum Gasteiger partial charge on any atom is -0.384 e. The van der Waals surface area contributed by atoms with Gasteiger partial charge in [-0.3, -0.25) is 0 Å². The van der Waals surface area contributed by atoms with Crippen molar-refractivity contribution in [1.82, 2.24) is 13.6 Å². The van der Waals surface area contributed by atoms with Crippen LogP contribution < -0.4 is 5.73 Å². The van der Waals surface area contributed by atoms with Crippen molar-refractivity contribution in [1.29, 1.82) is 0 Å². The topological polar surface area (TPSA) is 98.0 Å². The SMILES string of the molecule is Nc1cccc([C@H]2CN(S(=O)(=O)N3CCOCC3)CCO2)n1. The zero-order valence-electron chi connectivity index (χ0n) is 12.2. The number of nitrogens with two attached hydrogens (primary N) is 1. The van der Waals surface area contributed by atoms with Gasteiger partial charge in [0.2, 0.25) is 0 Å². The van der Waals surface area contributed by atoms with E-state index < -0.39 is 16.3 Å². The van der Waals surface area contributed by atoms with Gasteiger partial charge in [0.25, 0.3) is 10.2 Å². The summed E-state index contributed by atoms with van der Waals surface area (Å²) in [5.74, 6) is 0.397. The van der Waals surface area contributed by atoms with Crippen LogP contribution in [0.2, 0.25) is 0 Å². The first-order chi connectivity index (χ1) is 10.6. The molecule has 9 heteroatoms. The molecule has 1 aromatic heterocycles. The van der Waals surface area contributed by atoms with E-state index in [1.165, 1.54) is 8.61 Å². The highest BCUT2D eigenvalue weighted by Crippen LogP contribution is 2.24. The van der Waals surface area contributed by atoms with Gasteiger partial charge in [-0.05, 0) is 12.1 Å². The largest absolute Gasteiger partial charge is 0.384 e. The zero-order chi connectivity index (χ0) is 15.6. The number of nitrogens with zero attached hydrogens (tertiary/aromatic N) is 3. The molecule has 3 heterocycles. The molecular weight excluding hydrogens is 308 g/mol. The van der Waals surface area contributed by atoms with Crippen molar-refractivity contribution in [2.75, 3.05) is 51.7 Å². The first kappa shape index (κ1) is 15.6. The van der Waals surface area contributed by atoms with Gasteiger partial charge in [0.1, 0.15) is 11.9 Å². The molecule has 0 amide bonds. The second kappa shape index (κ2) is 6.47. The van der Waals surface area contributed by atoms with E-state index in [1.807, 2.05) is 0 Å². The van der Waals surface area contributed by atoms with Crippen LogP contribution in [0.1, 0.15) is 11.8 Å². The summed E-state index contributed by atoms with van der Waals surface area (Å²) in [7, 11) is -3.49. The van der Waals surface area contributed by atoms with Crippen molar-refractivity contribution in [3.63, 3.8) is 0 Å². The number of morpholine rings is 2. The summed E-state index contributed by atoms with van der Waals surface area (Å²) in [5.41, 5.74) is 6.34. The molecule has 2 aliphatic rings. The average molecular weight is 328 g/mol. The van der Waals surface area contributed by atoms with Gasteiger partial charge in [-0.15, -0.1) is 0 Å². The molecule has 3 rings (SSSR count). The van der Waals surface area contributed by atoms with E-state index in [0.717, 1.165) is 0 Å². The predicted octanol–water partition coefficient (Wildman–Crippen LogP) is -0.386. The van der Waals surface area contributed by atoms with E-state index >= 15 is 0 Å². The van der Waals surface area contributed by atoms with Crippen LogP contribution in [-0.2, 0) is 19.7 Å². The van der Waals surface area contributed by atoms with E-state index in [-0.39, 0.29) is 6.54 Å². The maximum Gasteiger partial charge on any atom is 0.282 e. The van der Waals surface area contributed by atoms with Crippen molar-refractivity contribution >= 4 is 16.0 Å². The molecule has 1 aromatic rings. The van der Waals surface area contributed by atoms with E-state index in [4.69, 9.17) is 15.2 Å². The summed E-state index contributed by atoms with van der Waals surface area (Å²) in [4.78, 5) is 4.22. The van der Waals surface area contributed by atoms with Gasteiger partial charge in [0, 0.05) is 26.2 Å². The number of aromatic nitrogens is 1. The van der Waals surface area contributed by atoms with E-state index in [9.17, 15) is 8.42 Å². The summed E-state index contributed by atoms with van der Waals surface area (Å²) in [5, 5.41) is 0. The maximum atomic E-state index is 12.7. The van der Waals surface area contributed by atoms with E-state index in [2.05, 4.69) is 4.98 Å². The molecule has 0 unspecified atom stereocenters. The van der Waals surface area contributed by atoms with Crippen LogP contribution >= 0.6 is 0 Å². The Morgan fingerprint density at radius 3 is 2.59 bits per heavy atom. The number of nitrogen functional groups attached to an aromatic ring is 1. The third kappa shape index (κ3) is 3.23. The predicted molar refractivity (Wildman–Crippen MR) is 80.2 cm³/mol. The fourth-order valence-corrected chi connectivity index (χ4v) is 4.17. The number of hydrogen-bond donors (Lipinski definition) is 1. The number of anilines is 1. The summed E-state index contributed by atoms with van der Waals surface area (Å²) < 4.78 is 39.2. The Morgan fingerprint density at radius 1 is 1.14 bits per heavy atom. The molecule has 2 saturated heterocycles. The highest BCUT2D eigenvalue weighted by molar-refractivity contribution is 7.86. The monoisotopic (exact) mass is 328 g/mol. The Morgan fingerprint density at radius 2 is 1.86 bits per heavy atom. The van der Waals surface area contributed by atoms with Gasteiger partial charge >= 0.3 is 0 Å². The molecule has 2 fully saturated rings. The molecule has 0 spiro atoms. The van der Waals surface area contributed by atoms with Crippen LogP contribution in [0.5, 0.6) is 0 Å². The average Bonchev–Trinajstić information content (AvgIpc) is 2.56. The van der Waals surface area contributed by atoms with Crippen molar-refractivity contribution in [2.45, 2.75) is 6.10 Å². The summed E-state index contributed by atoms with van der Waals surface area (Å²) in [6.07, 6.45) is -0.395. The molecular formula is C13H20N4O4S. The number of pyridine rings is 1. The highest BCUT2D eigenvalue weighted by atomic mass is 32.2. The Balaban J connectivity index is 1.75. The Hall–Kier alpha value is -1.26. The first-order valence-corrected chi connectivity index (χ1v) is 8.64. The van der Waals surface area contributed by atoms with E-state index in [0.29, 0.717) is 51.0 Å². The quantitative estimate of drug-likeness (QED) is 0.812. The first-order valence-electron chi connectivity index (χ1n) is 7.24. The fourth-order valence-electron chi connectivity index (χ4n) is 2.60. The number of rotatable bonds is 3. The van der Waals surface area contributed by atoms with Gasteiger partial charge in [0.05, 0.1) is 25.5 Å². The van der Waals surface area contributed by atoms with Crippen LogP contribution in [0.15, 0.2) is 18.2 Å². The lowest BCUT2D eigenvalue weighted by molar-refractivity contribution is -0.00836. The Labute approximate surface area is 130 Å². The number of hydrogen-bond acceptors (Lipinski definition) is 6. The molecule has 22 heavy (non-hydrogen) atoms. The van der Waals surface area contributed by atoms with Gasteiger partial charge in [0.15, 0.2) is 0 Å². The lowest BCUT2D eigenvalue weighted by atomic mass is 10.2. The van der Waals surface area contributed by atoms with Crippen LogP contribution in [0.4, 0.5) is 5.82 Å². The van der Waals surface area contributed by atoms with Crippen LogP contribution in [0.25, 0.3) is 0 Å². The van der Waals surface area contributed by atoms with Gasteiger partial charge in [-0.1, -0.05) is 6.07 Å². The molecule has 122 valence electrons. The van der Waals surface area contributed by atoms with Gasteiger partial charge in [-0.25, -0.2) is 4.98 Å². The third-order valence-corrected chi connectivity index (χ3v) is 5.78. The Bertz CT molecular complexity index is 618. The Kier molecular flexibility index (Phi) is 4.59. The lowest BCUT2D eigenvalue weighted by Crippen LogP contribution is -2.52. The molecule has 0 bridgehead atoms. The second-order valence-electron chi connectivity index (χ2n) is 5.22. The minimum absolute atomic E-state index is 0.246. The second-order valence-corrected chi connectivity index (χ2v) is 7.15. The van der Waals surface area contributed by atoms with Crippen molar-refractivity contribution < 1.29 is 17.9 Å². The van der Waals surface area contributed by atoms with Crippen molar-refractivity contribution in [3.05, 3.63) is 23.9 Å². The van der Waals surface area contributed by atoms with Crippen LogP contribution in [0.3, 0.4) is 0 Å².